The number of H-pyrrole nitrogens is 1. The fourth-order valence-electron chi connectivity index (χ4n) is 3.25. The van der Waals surface area contributed by atoms with Crippen LogP contribution in [0.3, 0.4) is 0 Å². The number of phenols is 1. The first kappa shape index (κ1) is 20.1. The third kappa shape index (κ3) is 3.56. The number of methoxy groups -OCH3 is 1. The molecule has 0 saturated heterocycles. The van der Waals surface area contributed by atoms with Gasteiger partial charge in [0.15, 0.2) is 23.8 Å². The Morgan fingerprint density at radius 1 is 1.13 bits per heavy atom. The van der Waals surface area contributed by atoms with Gasteiger partial charge in [-0.15, -0.1) is 0 Å². The number of nitrogens with one attached hydrogen (secondary N) is 1. The lowest BCUT2D eigenvalue weighted by atomic mass is 10.00. The van der Waals surface area contributed by atoms with Crippen LogP contribution in [0.15, 0.2) is 30.3 Å². The van der Waals surface area contributed by atoms with Crippen LogP contribution in [0, 0.1) is 6.92 Å². The van der Waals surface area contributed by atoms with Crippen molar-refractivity contribution in [3.05, 3.63) is 41.0 Å². The maximum Gasteiger partial charge on any atom is 0.422 e. The van der Waals surface area contributed by atoms with E-state index in [1.807, 2.05) is 0 Å². The molecule has 0 fully saturated rings. The summed E-state index contributed by atoms with van der Waals surface area (Å²) in [7, 11) is 1.34. The topological polar surface area (TPSA) is 80.3 Å². The summed E-state index contributed by atoms with van der Waals surface area (Å²) in [6.07, 6.45) is -4.49. The molecule has 2 heterocycles. The Morgan fingerprint density at radius 3 is 2.53 bits per heavy atom. The number of nitrogens with zero attached hydrogens (tertiary/aromatic N) is 2. The van der Waals surface area contributed by atoms with Crippen LogP contribution in [0.2, 0.25) is 5.02 Å². The molecule has 4 rings (SSSR count). The van der Waals surface area contributed by atoms with Crippen LogP contribution >= 0.6 is 11.6 Å². The molecule has 0 spiro atoms. The van der Waals surface area contributed by atoms with Gasteiger partial charge in [-0.1, -0.05) is 11.6 Å². The number of fused-ring (bicyclic) bond motifs is 3. The van der Waals surface area contributed by atoms with Crippen molar-refractivity contribution in [3.63, 3.8) is 0 Å². The minimum atomic E-state index is -4.49. The fourth-order valence-corrected chi connectivity index (χ4v) is 3.44. The Kier molecular flexibility index (Phi) is 4.85. The standard InChI is InChI=1S/C20H15ClF3N3O3/c1-9-17-11-6-16(30-8-20(22,23)24)15(29-2)7-12(11)18(25-19(17)27-26-9)10-3-4-14(28)13(21)5-10/h3-7,28H,8H2,1-2H3,(H,25,26,27). The number of aromatic amines is 1. The highest BCUT2D eigenvalue weighted by Crippen LogP contribution is 2.41. The van der Waals surface area contributed by atoms with Gasteiger partial charge in [0.05, 0.1) is 17.8 Å². The molecule has 2 aromatic heterocycles. The van der Waals surface area contributed by atoms with Crippen molar-refractivity contribution < 1.29 is 27.8 Å². The maximum atomic E-state index is 12.7. The largest absolute Gasteiger partial charge is 0.506 e. The van der Waals surface area contributed by atoms with E-state index in [2.05, 4.69) is 15.2 Å². The van der Waals surface area contributed by atoms with Gasteiger partial charge in [-0.2, -0.15) is 18.3 Å². The smallest absolute Gasteiger partial charge is 0.422 e. The molecule has 0 aliphatic rings. The second-order valence-electron chi connectivity index (χ2n) is 6.63. The van der Waals surface area contributed by atoms with Crippen molar-refractivity contribution in [2.75, 3.05) is 13.7 Å². The number of aryl methyl sites for hydroxylation is 1. The highest BCUT2D eigenvalue weighted by atomic mass is 35.5. The number of alkyl halides is 3. The molecule has 0 saturated carbocycles. The minimum absolute atomic E-state index is 0.0508. The van der Waals surface area contributed by atoms with Crippen LogP contribution in [-0.4, -0.2) is 40.2 Å². The van der Waals surface area contributed by atoms with Crippen molar-refractivity contribution in [3.8, 4) is 28.5 Å². The highest BCUT2D eigenvalue weighted by Gasteiger charge is 2.29. The quantitative estimate of drug-likeness (QED) is 0.447. The highest BCUT2D eigenvalue weighted by molar-refractivity contribution is 6.32. The van der Waals surface area contributed by atoms with E-state index in [0.29, 0.717) is 38.8 Å². The molecule has 30 heavy (non-hydrogen) atoms. The molecule has 156 valence electrons. The predicted molar refractivity (Wildman–Crippen MR) is 106 cm³/mol. The summed E-state index contributed by atoms with van der Waals surface area (Å²) < 4.78 is 48.3. The Labute approximate surface area is 173 Å². The molecule has 0 aliphatic heterocycles. The van der Waals surface area contributed by atoms with Gasteiger partial charge in [0.2, 0.25) is 0 Å². The molecule has 0 aliphatic carbocycles. The Balaban J connectivity index is 2.02. The first-order chi connectivity index (χ1) is 14.2. The van der Waals surface area contributed by atoms with Gasteiger partial charge in [0.1, 0.15) is 5.75 Å². The number of ether oxygens (including phenoxy) is 2. The van der Waals surface area contributed by atoms with Crippen LogP contribution in [0.5, 0.6) is 17.2 Å². The number of pyridine rings is 1. The summed E-state index contributed by atoms with van der Waals surface area (Å²) in [5.74, 6) is -0.00730. The zero-order chi connectivity index (χ0) is 21.6. The van der Waals surface area contributed by atoms with Crippen LogP contribution in [0.25, 0.3) is 33.1 Å². The Morgan fingerprint density at radius 2 is 1.87 bits per heavy atom. The monoisotopic (exact) mass is 437 g/mol. The summed E-state index contributed by atoms with van der Waals surface area (Å²) in [5.41, 5.74) is 2.15. The van der Waals surface area contributed by atoms with E-state index in [9.17, 15) is 18.3 Å². The molecular formula is C20H15ClF3N3O3. The van der Waals surface area contributed by atoms with Gasteiger partial charge in [-0.25, -0.2) is 4.98 Å². The summed E-state index contributed by atoms with van der Waals surface area (Å²) in [4.78, 5) is 4.60. The summed E-state index contributed by atoms with van der Waals surface area (Å²) >= 11 is 6.05. The Hall–Kier alpha value is -3.20. The van der Waals surface area contributed by atoms with Crippen molar-refractivity contribution in [1.82, 2.24) is 15.2 Å². The van der Waals surface area contributed by atoms with E-state index in [0.717, 1.165) is 0 Å². The lowest BCUT2D eigenvalue weighted by Crippen LogP contribution is -2.19. The normalized spacial score (nSPS) is 11.9. The fraction of sp³-hybridized carbons (Fsp3) is 0.200. The van der Waals surface area contributed by atoms with Crippen molar-refractivity contribution in [2.24, 2.45) is 0 Å². The number of rotatable bonds is 4. The van der Waals surface area contributed by atoms with E-state index in [4.69, 9.17) is 21.1 Å². The van der Waals surface area contributed by atoms with E-state index in [1.165, 1.54) is 19.2 Å². The van der Waals surface area contributed by atoms with Gasteiger partial charge in [-0.3, -0.25) is 5.10 Å². The zero-order valence-electron chi connectivity index (χ0n) is 15.8. The van der Waals surface area contributed by atoms with Crippen LogP contribution < -0.4 is 9.47 Å². The molecule has 0 atom stereocenters. The number of hydrogen-bond acceptors (Lipinski definition) is 5. The van der Waals surface area contributed by atoms with Gasteiger partial charge < -0.3 is 14.6 Å². The number of aromatic nitrogens is 3. The Bertz CT molecular complexity index is 1270. The lowest BCUT2D eigenvalue weighted by Gasteiger charge is -2.15. The van der Waals surface area contributed by atoms with Gasteiger partial charge >= 0.3 is 6.18 Å². The number of aromatic hydroxyl groups is 1. The van der Waals surface area contributed by atoms with E-state index in [-0.39, 0.29) is 22.3 Å². The minimum Gasteiger partial charge on any atom is -0.506 e. The first-order valence-corrected chi connectivity index (χ1v) is 9.10. The average molecular weight is 438 g/mol. The maximum absolute atomic E-state index is 12.7. The van der Waals surface area contributed by atoms with Crippen molar-refractivity contribution >= 4 is 33.4 Å². The van der Waals surface area contributed by atoms with Gasteiger partial charge in [-0.05, 0) is 37.3 Å². The average Bonchev–Trinajstić information content (AvgIpc) is 3.07. The van der Waals surface area contributed by atoms with Crippen molar-refractivity contribution in [1.29, 1.82) is 0 Å². The molecule has 2 N–H and O–H groups in total. The molecule has 4 aromatic rings. The second kappa shape index (κ2) is 7.24. The molecule has 0 amide bonds. The molecule has 2 aromatic carbocycles. The van der Waals surface area contributed by atoms with E-state index >= 15 is 0 Å². The lowest BCUT2D eigenvalue weighted by molar-refractivity contribution is -0.153. The van der Waals surface area contributed by atoms with Gasteiger partial charge in [0, 0.05) is 27.4 Å². The molecular weight excluding hydrogens is 423 g/mol. The van der Waals surface area contributed by atoms with E-state index < -0.39 is 12.8 Å². The molecule has 0 unspecified atom stereocenters. The zero-order valence-corrected chi connectivity index (χ0v) is 16.5. The number of hydrogen-bond donors (Lipinski definition) is 2. The molecule has 0 bridgehead atoms. The molecule has 10 heteroatoms. The molecule has 6 nitrogen and oxygen atoms in total. The second-order valence-corrected chi connectivity index (χ2v) is 7.03. The van der Waals surface area contributed by atoms with Crippen LogP contribution in [0.4, 0.5) is 13.2 Å². The third-order valence-electron chi connectivity index (χ3n) is 4.59. The van der Waals surface area contributed by atoms with Crippen molar-refractivity contribution in [2.45, 2.75) is 13.1 Å². The summed E-state index contributed by atoms with van der Waals surface area (Å²) in [6, 6.07) is 7.66. The number of benzene rings is 2. The number of halogens is 4. The van der Waals surface area contributed by atoms with Crippen LogP contribution in [0.1, 0.15) is 5.69 Å². The SMILES string of the molecule is COc1cc2c(-c3ccc(O)c(Cl)c3)nc3n[nH]c(C)c3c2cc1OCC(F)(F)F. The van der Waals surface area contributed by atoms with Gasteiger partial charge in [0.25, 0.3) is 0 Å². The molecule has 0 radical (unpaired) electrons. The first-order valence-electron chi connectivity index (χ1n) is 8.73. The third-order valence-corrected chi connectivity index (χ3v) is 4.89. The number of phenolic OH excluding ortho intramolecular Hbond substituents is 1. The summed E-state index contributed by atoms with van der Waals surface area (Å²) in [5, 5.41) is 18.7. The van der Waals surface area contributed by atoms with Crippen LogP contribution in [-0.2, 0) is 0 Å². The predicted octanol–water partition coefficient (Wildman–Crippen LogP) is 5.40. The van der Waals surface area contributed by atoms with E-state index in [1.54, 1.807) is 25.1 Å². The summed E-state index contributed by atoms with van der Waals surface area (Å²) in [6.45, 7) is 0.335.